The van der Waals surface area contributed by atoms with E-state index in [9.17, 15) is 4.79 Å². The van der Waals surface area contributed by atoms with Crippen molar-refractivity contribution < 1.29 is 19.0 Å². The number of rotatable bonds is 3. The lowest BCUT2D eigenvalue weighted by atomic mass is 9.95. The molecule has 3 aliphatic heterocycles. The molecule has 9 nitrogen and oxygen atoms in total. The first-order valence-electron chi connectivity index (χ1n) is 10.1. The molecule has 3 aliphatic rings. The average Bonchev–Trinajstić information content (AvgIpc) is 3.22. The number of carbonyl (C=O) groups excluding carboxylic acids is 1. The summed E-state index contributed by atoms with van der Waals surface area (Å²) in [7, 11) is 1.57. The third-order valence-electron chi connectivity index (χ3n) is 5.87. The summed E-state index contributed by atoms with van der Waals surface area (Å²) in [6.45, 7) is 4.97. The molecule has 154 valence electrons. The minimum Gasteiger partial charge on any atom is -0.493 e. The van der Waals surface area contributed by atoms with Gasteiger partial charge in [-0.15, -0.1) is 10.2 Å². The lowest BCUT2D eigenvalue weighted by Crippen LogP contribution is -2.39. The second-order valence-corrected chi connectivity index (χ2v) is 7.57. The van der Waals surface area contributed by atoms with Crippen LogP contribution in [0, 0.1) is 0 Å². The maximum atomic E-state index is 13.1. The molecule has 2 aromatic rings. The zero-order valence-corrected chi connectivity index (χ0v) is 16.5. The van der Waals surface area contributed by atoms with Crippen LogP contribution in [0.2, 0.25) is 0 Å². The fourth-order valence-electron chi connectivity index (χ4n) is 4.34. The van der Waals surface area contributed by atoms with Gasteiger partial charge in [0.15, 0.2) is 11.5 Å². The second kappa shape index (κ2) is 7.55. The van der Waals surface area contributed by atoms with Crippen LogP contribution >= 0.6 is 0 Å². The molecular weight excluding hydrogens is 374 g/mol. The number of nitrogens with one attached hydrogen (secondary N) is 1. The molecule has 1 aromatic heterocycles. The maximum absolute atomic E-state index is 13.1. The lowest BCUT2D eigenvalue weighted by Gasteiger charge is -2.32. The molecule has 0 unspecified atom stereocenters. The van der Waals surface area contributed by atoms with Crippen LogP contribution in [0.3, 0.4) is 0 Å². The van der Waals surface area contributed by atoms with Gasteiger partial charge in [0, 0.05) is 37.7 Å². The molecule has 5 rings (SSSR count). The fraction of sp³-hybridized carbons (Fsp3) is 0.550. The number of amides is 1. The zero-order chi connectivity index (χ0) is 19.8. The number of carbonyl (C=O) groups is 1. The third-order valence-corrected chi connectivity index (χ3v) is 5.87. The zero-order valence-electron chi connectivity index (χ0n) is 16.5. The average molecular weight is 399 g/mol. The third kappa shape index (κ3) is 3.29. The molecule has 0 spiro atoms. The fourth-order valence-corrected chi connectivity index (χ4v) is 4.34. The van der Waals surface area contributed by atoms with E-state index in [1.54, 1.807) is 19.2 Å². The van der Waals surface area contributed by atoms with Crippen LogP contribution in [0.1, 0.15) is 40.8 Å². The highest BCUT2D eigenvalue weighted by molar-refractivity contribution is 5.95. The van der Waals surface area contributed by atoms with Gasteiger partial charge in [-0.25, -0.2) is 0 Å². The van der Waals surface area contributed by atoms with Crippen LogP contribution in [0.25, 0.3) is 0 Å². The van der Waals surface area contributed by atoms with Gasteiger partial charge in [0.1, 0.15) is 24.9 Å². The van der Waals surface area contributed by atoms with Gasteiger partial charge >= 0.3 is 0 Å². The Hall–Kier alpha value is -2.81. The summed E-state index contributed by atoms with van der Waals surface area (Å²) >= 11 is 0. The highest BCUT2D eigenvalue weighted by Gasteiger charge is 2.30. The van der Waals surface area contributed by atoms with E-state index in [2.05, 4.69) is 20.1 Å². The summed E-state index contributed by atoms with van der Waals surface area (Å²) in [5, 5.41) is 12.1. The van der Waals surface area contributed by atoms with Crippen molar-refractivity contribution in [2.75, 3.05) is 40.0 Å². The van der Waals surface area contributed by atoms with E-state index in [0.717, 1.165) is 44.1 Å². The van der Waals surface area contributed by atoms with Gasteiger partial charge in [0.2, 0.25) is 5.75 Å². The Balaban J connectivity index is 1.30. The molecule has 4 heterocycles. The van der Waals surface area contributed by atoms with E-state index >= 15 is 0 Å². The van der Waals surface area contributed by atoms with Gasteiger partial charge in [0.25, 0.3) is 5.91 Å². The molecule has 29 heavy (non-hydrogen) atoms. The smallest absolute Gasteiger partial charge is 0.254 e. The molecule has 0 radical (unpaired) electrons. The van der Waals surface area contributed by atoms with E-state index in [1.807, 2.05) is 4.90 Å². The molecule has 0 saturated carbocycles. The first-order chi connectivity index (χ1) is 14.2. The molecule has 0 aliphatic carbocycles. The van der Waals surface area contributed by atoms with Crippen LogP contribution in [0.15, 0.2) is 12.1 Å². The molecule has 0 bridgehead atoms. The Bertz CT molecular complexity index is 903. The SMILES string of the molecule is COc1cc(C(=O)N2CCC(c3nnc4n3CCNC4)CC2)cc2c1OCCO2. The number of aromatic nitrogens is 3. The summed E-state index contributed by atoms with van der Waals surface area (Å²) in [6.07, 6.45) is 1.78. The molecule has 1 fully saturated rings. The lowest BCUT2D eigenvalue weighted by molar-refractivity contribution is 0.0708. The van der Waals surface area contributed by atoms with Gasteiger partial charge in [-0.2, -0.15) is 0 Å². The van der Waals surface area contributed by atoms with Crippen molar-refractivity contribution >= 4 is 5.91 Å². The highest BCUT2D eigenvalue weighted by Crippen LogP contribution is 2.41. The summed E-state index contributed by atoms with van der Waals surface area (Å²) in [5.74, 6) is 4.07. The Kier molecular flexibility index (Phi) is 4.75. The molecule has 0 atom stereocenters. The minimum absolute atomic E-state index is 0.00815. The van der Waals surface area contributed by atoms with Crippen LogP contribution in [0.4, 0.5) is 0 Å². The molecule has 1 N–H and O–H groups in total. The number of hydrogen-bond donors (Lipinski definition) is 1. The molecule has 1 aromatic carbocycles. The van der Waals surface area contributed by atoms with Crippen LogP contribution < -0.4 is 19.5 Å². The quantitative estimate of drug-likeness (QED) is 0.829. The van der Waals surface area contributed by atoms with Crippen molar-refractivity contribution in [1.82, 2.24) is 25.0 Å². The predicted molar refractivity (Wildman–Crippen MR) is 104 cm³/mol. The van der Waals surface area contributed by atoms with Gasteiger partial charge in [-0.1, -0.05) is 0 Å². The van der Waals surface area contributed by atoms with Gasteiger partial charge in [0.05, 0.1) is 13.7 Å². The summed E-state index contributed by atoms with van der Waals surface area (Å²) < 4.78 is 18.9. The normalized spacial score (nSPS) is 19.0. The summed E-state index contributed by atoms with van der Waals surface area (Å²) in [6, 6.07) is 3.50. The number of piperidine rings is 1. The molecule has 9 heteroatoms. The van der Waals surface area contributed by atoms with E-state index < -0.39 is 0 Å². The Morgan fingerprint density at radius 3 is 2.83 bits per heavy atom. The highest BCUT2D eigenvalue weighted by atomic mass is 16.6. The summed E-state index contributed by atoms with van der Waals surface area (Å²) in [5.41, 5.74) is 0.565. The minimum atomic E-state index is -0.00815. The number of likely N-dealkylation sites (tertiary alicyclic amines) is 1. The van der Waals surface area contributed by atoms with Gasteiger partial charge < -0.3 is 29.0 Å². The first-order valence-corrected chi connectivity index (χ1v) is 10.1. The van der Waals surface area contributed by atoms with Crippen LogP contribution in [0.5, 0.6) is 17.2 Å². The van der Waals surface area contributed by atoms with Crippen molar-refractivity contribution in [2.24, 2.45) is 0 Å². The van der Waals surface area contributed by atoms with Crippen LogP contribution in [-0.4, -0.2) is 65.5 Å². The topological polar surface area (TPSA) is 90.7 Å². The first kappa shape index (κ1) is 18.2. The van der Waals surface area contributed by atoms with Gasteiger partial charge in [-0.3, -0.25) is 4.79 Å². The number of ether oxygens (including phenoxy) is 3. The summed E-state index contributed by atoms with van der Waals surface area (Å²) in [4.78, 5) is 15.0. The molecular formula is C20H25N5O4. The monoisotopic (exact) mass is 399 g/mol. The number of nitrogens with zero attached hydrogens (tertiary/aromatic N) is 4. The van der Waals surface area contributed by atoms with E-state index in [0.29, 0.717) is 55.0 Å². The number of hydrogen-bond acceptors (Lipinski definition) is 7. The van der Waals surface area contributed by atoms with Crippen molar-refractivity contribution in [2.45, 2.75) is 31.8 Å². The van der Waals surface area contributed by atoms with Crippen molar-refractivity contribution in [1.29, 1.82) is 0 Å². The maximum Gasteiger partial charge on any atom is 0.254 e. The van der Waals surface area contributed by atoms with Crippen molar-refractivity contribution in [3.8, 4) is 17.2 Å². The van der Waals surface area contributed by atoms with Crippen LogP contribution in [-0.2, 0) is 13.1 Å². The molecule has 1 amide bonds. The second-order valence-electron chi connectivity index (χ2n) is 7.57. The number of benzene rings is 1. The van der Waals surface area contributed by atoms with Crippen molar-refractivity contribution in [3.63, 3.8) is 0 Å². The Morgan fingerprint density at radius 1 is 1.17 bits per heavy atom. The van der Waals surface area contributed by atoms with Gasteiger partial charge in [-0.05, 0) is 25.0 Å². The van der Waals surface area contributed by atoms with E-state index in [-0.39, 0.29) is 5.91 Å². The number of fused-ring (bicyclic) bond motifs is 2. The largest absolute Gasteiger partial charge is 0.493 e. The molecule has 1 saturated heterocycles. The van der Waals surface area contributed by atoms with E-state index in [4.69, 9.17) is 14.2 Å². The number of methoxy groups -OCH3 is 1. The van der Waals surface area contributed by atoms with Crippen molar-refractivity contribution in [3.05, 3.63) is 29.3 Å². The Morgan fingerprint density at radius 2 is 2.00 bits per heavy atom. The predicted octanol–water partition coefficient (Wildman–Crippen LogP) is 1.18. The Labute approximate surface area is 168 Å². The standard InChI is InChI=1S/C20H25N5O4/c1-27-15-10-14(11-16-18(15)29-9-8-28-16)20(26)24-5-2-13(3-6-24)19-23-22-17-12-21-4-7-25(17)19/h10-11,13,21H,2-9,12H2,1H3. The van der Waals surface area contributed by atoms with E-state index in [1.165, 1.54) is 0 Å².